The molecule has 0 saturated carbocycles. The van der Waals surface area contributed by atoms with Gasteiger partial charge in [0, 0.05) is 43.5 Å². The molecular weight excluding hydrogens is 340 g/mol. The fourth-order valence-corrected chi connectivity index (χ4v) is 3.41. The second-order valence-electron chi connectivity index (χ2n) is 7.40. The largest absolute Gasteiger partial charge is 0.338 e. The van der Waals surface area contributed by atoms with Gasteiger partial charge in [-0.05, 0) is 36.5 Å². The molecule has 3 rings (SSSR count). The van der Waals surface area contributed by atoms with Crippen molar-refractivity contribution in [2.45, 2.75) is 32.7 Å². The highest BCUT2D eigenvalue weighted by Gasteiger charge is 2.35. The number of nitrogens with one attached hydrogen (secondary N) is 1. The number of nitrogens with zero attached hydrogens (tertiary/aromatic N) is 2. The van der Waals surface area contributed by atoms with Gasteiger partial charge in [0.15, 0.2) is 0 Å². The van der Waals surface area contributed by atoms with Crippen molar-refractivity contribution in [1.29, 1.82) is 0 Å². The Morgan fingerprint density at radius 1 is 1.32 bits per heavy atom. The van der Waals surface area contributed by atoms with E-state index in [0.717, 1.165) is 18.5 Å². The minimum Gasteiger partial charge on any atom is -0.338 e. The Morgan fingerprint density at radius 3 is 2.76 bits per heavy atom. The molecule has 25 heavy (non-hydrogen) atoms. The summed E-state index contributed by atoms with van der Waals surface area (Å²) in [6.07, 6.45) is 1.72. The summed E-state index contributed by atoms with van der Waals surface area (Å²) < 4.78 is 0. The molecule has 138 valence electrons. The van der Waals surface area contributed by atoms with Crippen LogP contribution in [0.15, 0.2) is 24.3 Å². The molecule has 2 aliphatic rings. The minimum absolute atomic E-state index is 0. The Bertz CT molecular complexity index is 650. The van der Waals surface area contributed by atoms with Gasteiger partial charge in [-0.3, -0.25) is 9.69 Å². The number of nitrogens with two attached hydrogens (primary N) is 1. The zero-order valence-corrected chi connectivity index (χ0v) is 15.6. The van der Waals surface area contributed by atoms with E-state index < -0.39 is 0 Å². The molecule has 7 heteroatoms. The summed E-state index contributed by atoms with van der Waals surface area (Å²) in [5.41, 5.74) is 7.47. The van der Waals surface area contributed by atoms with Crippen molar-refractivity contribution in [2.24, 2.45) is 11.1 Å². The van der Waals surface area contributed by atoms with Gasteiger partial charge in [-0.1, -0.05) is 19.9 Å². The van der Waals surface area contributed by atoms with E-state index in [-0.39, 0.29) is 35.8 Å². The van der Waals surface area contributed by atoms with E-state index in [1.54, 1.807) is 4.90 Å². The van der Waals surface area contributed by atoms with E-state index in [0.29, 0.717) is 31.7 Å². The van der Waals surface area contributed by atoms with Crippen LogP contribution in [0.1, 0.15) is 37.0 Å². The summed E-state index contributed by atoms with van der Waals surface area (Å²) in [7, 11) is 0. The predicted molar refractivity (Wildman–Crippen MR) is 101 cm³/mol. The monoisotopic (exact) mass is 366 g/mol. The molecule has 0 bridgehead atoms. The van der Waals surface area contributed by atoms with E-state index in [1.807, 2.05) is 29.2 Å². The number of carbonyl (C=O) groups is 2. The van der Waals surface area contributed by atoms with Crippen LogP contribution in [0.25, 0.3) is 0 Å². The number of carbonyl (C=O) groups excluding carboxylic acids is 2. The number of rotatable bonds is 2. The molecule has 3 amide bonds. The van der Waals surface area contributed by atoms with Gasteiger partial charge in [-0.2, -0.15) is 0 Å². The normalized spacial score (nSPS) is 22.8. The van der Waals surface area contributed by atoms with Crippen molar-refractivity contribution in [3.05, 3.63) is 29.8 Å². The average Bonchev–Trinajstić information content (AvgIpc) is 2.57. The molecule has 0 spiro atoms. The quantitative estimate of drug-likeness (QED) is 0.842. The number of likely N-dealkylation sites (tertiary alicyclic amines) is 1. The number of benzene rings is 1. The van der Waals surface area contributed by atoms with Crippen molar-refractivity contribution in [3.8, 4) is 0 Å². The van der Waals surface area contributed by atoms with Gasteiger partial charge in [0.1, 0.15) is 0 Å². The van der Waals surface area contributed by atoms with Gasteiger partial charge in [-0.25, -0.2) is 4.79 Å². The highest BCUT2D eigenvalue weighted by molar-refractivity contribution is 5.98. The third-order valence-electron chi connectivity index (χ3n) is 5.08. The van der Waals surface area contributed by atoms with Gasteiger partial charge < -0.3 is 16.0 Å². The Kier molecular flexibility index (Phi) is 5.95. The summed E-state index contributed by atoms with van der Waals surface area (Å²) in [5.74, 6) is 0.00856. The maximum atomic E-state index is 12.9. The summed E-state index contributed by atoms with van der Waals surface area (Å²) in [6.45, 7) is 6.92. The van der Waals surface area contributed by atoms with E-state index in [1.165, 1.54) is 0 Å². The number of halogens is 1. The number of piperidine rings is 1. The molecule has 3 N–H and O–H groups in total. The third kappa shape index (κ3) is 4.07. The van der Waals surface area contributed by atoms with E-state index in [4.69, 9.17) is 5.73 Å². The first-order chi connectivity index (χ1) is 11.4. The maximum Gasteiger partial charge on any atom is 0.321 e. The molecule has 2 fully saturated rings. The van der Waals surface area contributed by atoms with E-state index >= 15 is 0 Å². The van der Waals surface area contributed by atoms with Crippen molar-refractivity contribution in [1.82, 2.24) is 10.2 Å². The van der Waals surface area contributed by atoms with Crippen LogP contribution in [0, 0.1) is 5.41 Å². The van der Waals surface area contributed by atoms with Crippen molar-refractivity contribution in [2.75, 3.05) is 31.1 Å². The Labute approximate surface area is 155 Å². The van der Waals surface area contributed by atoms with Crippen LogP contribution < -0.4 is 16.0 Å². The Balaban J connectivity index is 0.00000225. The van der Waals surface area contributed by atoms with Crippen LogP contribution in [0.4, 0.5) is 10.5 Å². The van der Waals surface area contributed by atoms with Crippen molar-refractivity contribution in [3.63, 3.8) is 0 Å². The first kappa shape index (κ1) is 19.5. The molecule has 1 unspecified atom stereocenters. The first-order valence-corrected chi connectivity index (χ1v) is 8.59. The summed E-state index contributed by atoms with van der Waals surface area (Å²) in [6, 6.07) is 7.35. The molecular formula is C18H27ClN4O2. The lowest BCUT2D eigenvalue weighted by Crippen LogP contribution is -2.54. The number of urea groups is 1. The molecule has 2 heterocycles. The highest BCUT2D eigenvalue weighted by atomic mass is 35.5. The van der Waals surface area contributed by atoms with Gasteiger partial charge >= 0.3 is 6.03 Å². The summed E-state index contributed by atoms with van der Waals surface area (Å²) in [4.78, 5) is 28.4. The fraction of sp³-hybridized carbons (Fsp3) is 0.556. The van der Waals surface area contributed by atoms with Crippen LogP contribution in [-0.4, -0.2) is 49.1 Å². The van der Waals surface area contributed by atoms with Crippen molar-refractivity contribution < 1.29 is 9.59 Å². The first-order valence-electron chi connectivity index (χ1n) is 8.59. The fourth-order valence-electron chi connectivity index (χ4n) is 3.41. The lowest BCUT2D eigenvalue weighted by Gasteiger charge is -2.42. The lowest BCUT2D eigenvalue weighted by atomic mass is 9.79. The molecule has 0 aromatic heterocycles. The van der Waals surface area contributed by atoms with Crippen LogP contribution in [0.3, 0.4) is 0 Å². The zero-order chi connectivity index (χ0) is 17.3. The second-order valence-corrected chi connectivity index (χ2v) is 7.40. The van der Waals surface area contributed by atoms with Gasteiger partial charge in [0.25, 0.3) is 5.91 Å². The zero-order valence-electron chi connectivity index (χ0n) is 14.8. The standard InChI is InChI=1S/C18H26N4O2.ClH/c1-18(2)12-21(10-7-15(18)19)16(23)13-5-3-6-14(11-13)22-9-4-8-20-17(22)24;/h3,5-6,11,15H,4,7-10,12,19H2,1-2H3,(H,20,24);1H. The number of hydrogen-bond acceptors (Lipinski definition) is 3. The number of anilines is 1. The number of hydrogen-bond donors (Lipinski definition) is 2. The van der Waals surface area contributed by atoms with Crippen LogP contribution in [0.2, 0.25) is 0 Å². The SMILES string of the molecule is CC1(C)CN(C(=O)c2cccc(N3CCCNC3=O)c2)CCC1N.Cl. The Morgan fingerprint density at radius 2 is 2.08 bits per heavy atom. The molecule has 6 nitrogen and oxygen atoms in total. The maximum absolute atomic E-state index is 12.9. The summed E-state index contributed by atoms with van der Waals surface area (Å²) in [5, 5.41) is 2.84. The van der Waals surface area contributed by atoms with Crippen LogP contribution in [0.5, 0.6) is 0 Å². The summed E-state index contributed by atoms with van der Waals surface area (Å²) >= 11 is 0. The molecule has 2 aliphatic heterocycles. The minimum atomic E-state index is -0.101. The van der Waals surface area contributed by atoms with Gasteiger partial charge in [0.2, 0.25) is 0 Å². The molecule has 1 aromatic rings. The second kappa shape index (κ2) is 7.62. The Hall–Kier alpha value is -1.79. The molecule has 1 atom stereocenters. The van der Waals surface area contributed by atoms with Gasteiger partial charge in [0.05, 0.1) is 0 Å². The van der Waals surface area contributed by atoms with Crippen LogP contribution >= 0.6 is 12.4 Å². The molecule has 0 aliphatic carbocycles. The molecule has 0 radical (unpaired) electrons. The van der Waals surface area contributed by atoms with Crippen LogP contribution in [-0.2, 0) is 0 Å². The topological polar surface area (TPSA) is 78.7 Å². The van der Waals surface area contributed by atoms with E-state index in [2.05, 4.69) is 19.2 Å². The molecule has 1 aromatic carbocycles. The number of amides is 3. The average molecular weight is 367 g/mol. The molecule has 2 saturated heterocycles. The lowest BCUT2D eigenvalue weighted by molar-refractivity contribution is 0.0533. The van der Waals surface area contributed by atoms with Crippen molar-refractivity contribution >= 4 is 30.0 Å². The predicted octanol–water partition coefficient (Wildman–Crippen LogP) is 2.23. The van der Waals surface area contributed by atoms with Gasteiger partial charge in [-0.15, -0.1) is 12.4 Å². The highest BCUT2D eigenvalue weighted by Crippen LogP contribution is 2.29. The smallest absolute Gasteiger partial charge is 0.321 e. The third-order valence-corrected chi connectivity index (χ3v) is 5.08. The van der Waals surface area contributed by atoms with E-state index in [9.17, 15) is 9.59 Å².